The number of pyridine rings is 1. The number of sulfonamides is 1. The van der Waals surface area contributed by atoms with E-state index < -0.39 is 15.9 Å². The van der Waals surface area contributed by atoms with Gasteiger partial charge in [0.1, 0.15) is 5.69 Å². The SMILES string of the molecule is O=C1c2cccnc2C(=O)N1CCc1ccc(S(=O)(=O)N2CCN(c3ccccc3)CC2)cc1. The second-order valence-electron chi connectivity index (χ2n) is 8.28. The first-order valence-corrected chi connectivity index (χ1v) is 12.6. The number of aromatic nitrogens is 1. The van der Waals surface area contributed by atoms with Gasteiger partial charge in [0.25, 0.3) is 11.8 Å². The number of anilines is 1. The highest BCUT2D eigenvalue weighted by Gasteiger charge is 2.36. The summed E-state index contributed by atoms with van der Waals surface area (Å²) in [6, 6.07) is 19.9. The Balaban J connectivity index is 1.20. The summed E-state index contributed by atoms with van der Waals surface area (Å²) in [5.41, 5.74) is 2.44. The summed E-state index contributed by atoms with van der Waals surface area (Å²) in [7, 11) is -3.59. The normalized spacial score (nSPS) is 16.7. The van der Waals surface area contributed by atoms with Crippen LogP contribution in [0.3, 0.4) is 0 Å². The largest absolute Gasteiger partial charge is 0.369 e. The molecule has 0 bridgehead atoms. The highest BCUT2D eigenvalue weighted by Crippen LogP contribution is 2.23. The molecule has 0 radical (unpaired) electrons. The fraction of sp³-hybridized carbons (Fsp3) is 0.240. The van der Waals surface area contributed by atoms with Crippen LogP contribution < -0.4 is 4.90 Å². The van der Waals surface area contributed by atoms with Crippen molar-refractivity contribution in [2.75, 3.05) is 37.6 Å². The first-order chi connectivity index (χ1) is 16.4. The monoisotopic (exact) mass is 476 g/mol. The Morgan fingerprint density at radius 2 is 1.50 bits per heavy atom. The molecule has 34 heavy (non-hydrogen) atoms. The molecular formula is C25H24N4O4S. The van der Waals surface area contributed by atoms with Gasteiger partial charge in [-0.25, -0.2) is 8.42 Å². The van der Waals surface area contributed by atoms with Crippen molar-refractivity contribution >= 4 is 27.5 Å². The highest BCUT2D eigenvalue weighted by atomic mass is 32.2. The van der Waals surface area contributed by atoms with Crippen LogP contribution in [0.4, 0.5) is 5.69 Å². The van der Waals surface area contributed by atoms with E-state index in [1.54, 1.807) is 36.4 Å². The van der Waals surface area contributed by atoms with Gasteiger partial charge in [0.15, 0.2) is 0 Å². The smallest absolute Gasteiger partial charge is 0.280 e. The van der Waals surface area contributed by atoms with Crippen molar-refractivity contribution in [1.29, 1.82) is 0 Å². The predicted octanol–water partition coefficient (Wildman–Crippen LogP) is 2.43. The number of fused-ring (bicyclic) bond motifs is 1. The van der Waals surface area contributed by atoms with Gasteiger partial charge in [-0.2, -0.15) is 4.31 Å². The maximum atomic E-state index is 13.1. The molecule has 1 fully saturated rings. The summed E-state index contributed by atoms with van der Waals surface area (Å²) in [6.07, 6.45) is 1.93. The highest BCUT2D eigenvalue weighted by molar-refractivity contribution is 7.89. The molecule has 2 aromatic carbocycles. The van der Waals surface area contributed by atoms with Crippen molar-refractivity contribution in [1.82, 2.24) is 14.2 Å². The van der Waals surface area contributed by atoms with Crippen LogP contribution in [0, 0.1) is 0 Å². The summed E-state index contributed by atoms with van der Waals surface area (Å²) in [6.45, 7) is 2.33. The standard InChI is InChI=1S/C25H24N4O4S/c30-24-22-7-4-13-26-23(22)25(31)29(24)14-12-19-8-10-21(11-9-19)34(32,33)28-17-15-27(16-18-28)20-5-2-1-3-6-20/h1-11,13H,12,14-18H2. The zero-order chi connectivity index (χ0) is 23.7. The van der Waals surface area contributed by atoms with E-state index in [1.807, 2.05) is 30.3 Å². The summed E-state index contributed by atoms with van der Waals surface area (Å²) in [4.78, 5) is 32.6. The minimum atomic E-state index is -3.59. The summed E-state index contributed by atoms with van der Waals surface area (Å²) < 4.78 is 27.8. The van der Waals surface area contributed by atoms with Gasteiger partial charge in [0.05, 0.1) is 10.5 Å². The summed E-state index contributed by atoms with van der Waals surface area (Å²) >= 11 is 0. The summed E-state index contributed by atoms with van der Waals surface area (Å²) in [5, 5.41) is 0. The summed E-state index contributed by atoms with van der Waals surface area (Å²) in [5.74, 6) is -0.739. The zero-order valence-corrected chi connectivity index (χ0v) is 19.3. The van der Waals surface area contributed by atoms with Crippen LogP contribution in [0.25, 0.3) is 0 Å². The molecule has 9 heteroatoms. The lowest BCUT2D eigenvalue weighted by molar-refractivity contribution is 0.0654. The van der Waals surface area contributed by atoms with Gasteiger partial charge in [-0.05, 0) is 48.4 Å². The van der Waals surface area contributed by atoms with E-state index in [4.69, 9.17) is 0 Å². The number of nitrogens with zero attached hydrogens (tertiary/aromatic N) is 4. The zero-order valence-electron chi connectivity index (χ0n) is 18.5. The Kier molecular flexibility index (Phi) is 5.89. The molecular weight excluding hydrogens is 452 g/mol. The fourth-order valence-corrected chi connectivity index (χ4v) is 5.78. The van der Waals surface area contributed by atoms with Gasteiger partial charge in [0, 0.05) is 44.6 Å². The predicted molar refractivity (Wildman–Crippen MR) is 127 cm³/mol. The lowest BCUT2D eigenvalue weighted by Gasteiger charge is -2.35. The molecule has 0 saturated carbocycles. The average Bonchev–Trinajstić information content (AvgIpc) is 3.13. The van der Waals surface area contributed by atoms with Crippen LogP contribution in [0.15, 0.2) is 77.8 Å². The van der Waals surface area contributed by atoms with E-state index in [9.17, 15) is 18.0 Å². The number of carbonyl (C=O) groups excluding carboxylic acids is 2. The van der Waals surface area contributed by atoms with E-state index in [0.717, 1.165) is 11.3 Å². The Labute approximate surface area is 198 Å². The maximum Gasteiger partial charge on any atom is 0.280 e. The van der Waals surface area contributed by atoms with Crippen molar-refractivity contribution in [3.8, 4) is 0 Å². The molecule has 5 rings (SSSR count). The van der Waals surface area contributed by atoms with Crippen LogP contribution in [0.1, 0.15) is 26.4 Å². The van der Waals surface area contributed by atoms with Gasteiger partial charge < -0.3 is 4.90 Å². The van der Waals surface area contributed by atoms with E-state index in [2.05, 4.69) is 9.88 Å². The van der Waals surface area contributed by atoms with Crippen LogP contribution >= 0.6 is 0 Å². The van der Waals surface area contributed by atoms with Gasteiger partial charge in [-0.15, -0.1) is 0 Å². The number of rotatable bonds is 6. The van der Waals surface area contributed by atoms with Gasteiger partial charge in [-0.3, -0.25) is 19.5 Å². The van der Waals surface area contributed by atoms with Gasteiger partial charge in [-0.1, -0.05) is 30.3 Å². The number of carbonyl (C=O) groups is 2. The maximum absolute atomic E-state index is 13.1. The first kappa shape index (κ1) is 22.2. The van der Waals surface area contributed by atoms with Crippen molar-refractivity contribution in [3.63, 3.8) is 0 Å². The van der Waals surface area contributed by atoms with E-state index >= 15 is 0 Å². The Morgan fingerprint density at radius 1 is 0.794 bits per heavy atom. The molecule has 8 nitrogen and oxygen atoms in total. The third-order valence-electron chi connectivity index (χ3n) is 6.28. The molecule has 0 aliphatic carbocycles. The second-order valence-corrected chi connectivity index (χ2v) is 10.2. The lowest BCUT2D eigenvalue weighted by Crippen LogP contribution is -2.48. The lowest BCUT2D eigenvalue weighted by atomic mass is 10.1. The Hall–Kier alpha value is -3.56. The molecule has 1 saturated heterocycles. The molecule has 0 unspecified atom stereocenters. The molecule has 3 aromatic rings. The minimum absolute atomic E-state index is 0.182. The van der Waals surface area contributed by atoms with Crippen LogP contribution in [-0.2, 0) is 16.4 Å². The molecule has 1 aromatic heterocycles. The molecule has 3 heterocycles. The van der Waals surface area contributed by atoms with Crippen molar-refractivity contribution in [2.24, 2.45) is 0 Å². The van der Waals surface area contributed by atoms with Gasteiger partial charge >= 0.3 is 0 Å². The van der Waals surface area contributed by atoms with Crippen LogP contribution in [0.2, 0.25) is 0 Å². The third-order valence-corrected chi connectivity index (χ3v) is 8.19. The minimum Gasteiger partial charge on any atom is -0.369 e. The topological polar surface area (TPSA) is 90.9 Å². The second kappa shape index (κ2) is 9.00. The average molecular weight is 477 g/mol. The van der Waals surface area contributed by atoms with Crippen molar-refractivity contribution < 1.29 is 18.0 Å². The molecule has 2 aliphatic rings. The van der Waals surface area contributed by atoms with E-state index in [-0.39, 0.29) is 23.0 Å². The number of imide groups is 1. The van der Waals surface area contributed by atoms with Crippen molar-refractivity contribution in [3.05, 3.63) is 89.7 Å². The van der Waals surface area contributed by atoms with Gasteiger partial charge in [0.2, 0.25) is 10.0 Å². The molecule has 174 valence electrons. The quantitative estimate of drug-likeness (QED) is 0.508. The van der Waals surface area contributed by atoms with Crippen molar-refractivity contribution in [2.45, 2.75) is 11.3 Å². The molecule has 0 atom stereocenters. The van der Waals surface area contributed by atoms with E-state index in [0.29, 0.717) is 38.2 Å². The molecule has 2 aliphatic heterocycles. The molecule has 2 amide bonds. The third kappa shape index (κ3) is 4.08. The number of hydrogen-bond donors (Lipinski definition) is 0. The van der Waals surface area contributed by atoms with Crippen LogP contribution in [0.5, 0.6) is 0 Å². The number of piperazine rings is 1. The van der Waals surface area contributed by atoms with Crippen LogP contribution in [-0.4, -0.2) is 67.1 Å². The number of amides is 2. The fourth-order valence-electron chi connectivity index (χ4n) is 4.36. The first-order valence-electron chi connectivity index (χ1n) is 11.2. The molecule has 0 spiro atoms. The number of benzene rings is 2. The number of para-hydroxylation sites is 1. The Morgan fingerprint density at radius 3 is 2.18 bits per heavy atom. The Bertz CT molecular complexity index is 1280. The number of hydrogen-bond acceptors (Lipinski definition) is 6. The van der Waals surface area contributed by atoms with E-state index in [1.165, 1.54) is 15.4 Å². The molecule has 0 N–H and O–H groups in total.